The predicted molar refractivity (Wildman–Crippen MR) is 54.7 cm³/mol. The van der Waals surface area contributed by atoms with Crippen molar-refractivity contribution in [3.63, 3.8) is 0 Å². The van der Waals surface area contributed by atoms with Crippen LogP contribution in [0.15, 0.2) is 22.4 Å². The van der Waals surface area contributed by atoms with Crippen LogP contribution in [0.2, 0.25) is 0 Å². The fraction of sp³-hybridized carbons (Fsp3) is 0.556. The molecule has 1 N–H and O–H groups in total. The fourth-order valence-corrected chi connectivity index (χ4v) is 0.770. The van der Waals surface area contributed by atoms with Gasteiger partial charge in [0.05, 0.1) is 6.34 Å². The van der Waals surface area contributed by atoms with E-state index in [4.69, 9.17) is 0 Å². The van der Waals surface area contributed by atoms with Crippen molar-refractivity contribution in [1.82, 2.24) is 5.32 Å². The van der Waals surface area contributed by atoms with E-state index in [9.17, 15) is 0 Å². The van der Waals surface area contributed by atoms with Crippen LogP contribution in [0.25, 0.3) is 0 Å². The van der Waals surface area contributed by atoms with Gasteiger partial charge in [-0.2, -0.15) is 0 Å². The predicted octanol–water partition coefficient (Wildman–Crippen LogP) is 1.97. The topological polar surface area (TPSA) is 36.8 Å². The average Bonchev–Trinajstić information content (AvgIpc) is 2.10. The van der Waals surface area contributed by atoms with Crippen molar-refractivity contribution in [3.8, 4) is 0 Å². The lowest BCUT2D eigenvalue weighted by Crippen LogP contribution is -2.09. The van der Waals surface area contributed by atoms with Crippen molar-refractivity contribution in [2.24, 2.45) is 9.98 Å². The van der Waals surface area contributed by atoms with Gasteiger partial charge in [-0.3, -0.25) is 4.99 Å². The highest BCUT2D eigenvalue weighted by molar-refractivity contribution is 5.84. The summed E-state index contributed by atoms with van der Waals surface area (Å²) in [6.45, 7) is 7.91. The summed E-state index contributed by atoms with van der Waals surface area (Å²) in [4.78, 5) is 8.04. The van der Waals surface area contributed by atoms with E-state index >= 15 is 0 Å². The van der Waals surface area contributed by atoms with Crippen molar-refractivity contribution in [2.45, 2.75) is 26.7 Å². The second kappa shape index (κ2) is 6.58. The van der Waals surface area contributed by atoms with Crippen LogP contribution in [0.4, 0.5) is 0 Å². The molecule has 0 rings (SSSR count). The van der Waals surface area contributed by atoms with Gasteiger partial charge in [0.25, 0.3) is 0 Å². The first kappa shape index (κ1) is 10.9. The van der Waals surface area contributed by atoms with Crippen molar-refractivity contribution >= 4 is 12.1 Å². The van der Waals surface area contributed by atoms with Crippen LogP contribution in [-0.4, -0.2) is 19.1 Å². The van der Waals surface area contributed by atoms with E-state index in [2.05, 4.69) is 35.7 Å². The molecule has 0 bridgehead atoms. The van der Waals surface area contributed by atoms with Gasteiger partial charge in [-0.05, 0) is 12.8 Å². The third-order valence-electron chi connectivity index (χ3n) is 1.47. The Morgan fingerprint density at radius 3 is 2.42 bits per heavy atom. The van der Waals surface area contributed by atoms with E-state index in [1.54, 1.807) is 13.4 Å². The summed E-state index contributed by atoms with van der Waals surface area (Å²) in [6, 6.07) is 0. The molecule has 0 heterocycles. The molecule has 0 aliphatic heterocycles. The minimum absolute atomic E-state index is 0.652. The van der Waals surface area contributed by atoms with Gasteiger partial charge in [0.15, 0.2) is 0 Å². The Balaban J connectivity index is 4.02. The Bertz CT molecular complexity index is 186. The maximum Gasteiger partial charge on any atom is 0.123 e. The summed E-state index contributed by atoms with van der Waals surface area (Å²) >= 11 is 0. The van der Waals surface area contributed by atoms with E-state index in [1.165, 1.54) is 0 Å². The number of rotatable bonds is 5. The van der Waals surface area contributed by atoms with Crippen LogP contribution in [0.3, 0.4) is 0 Å². The third kappa shape index (κ3) is 4.66. The van der Waals surface area contributed by atoms with Crippen LogP contribution in [0.5, 0.6) is 0 Å². The zero-order chi connectivity index (χ0) is 9.40. The minimum Gasteiger partial charge on any atom is -0.332 e. The molecule has 3 heteroatoms. The maximum atomic E-state index is 4.27. The SMILES string of the molecule is C=C(N=C(CC)CC)NC=NC. The minimum atomic E-state index is 0.652. The normalized spacial score (nSPS) is 9.92. The van der Waals surface area contributed by atoms with E-state index in [0.717, 1.165) is 18.6 Å². The number of nitrogens with zero attached hydrogens (tertiary/aromatic N) is 2. The van der Waals surface area contributed by atoms with Crippen LogP contribution < -0.4 is 5.32 Å². The second-order valence-corrected chi connectivity index (χ2v) is 2.36. The van der Waals surface area contributed by atoms with Gasteiger partial charge in [-0.15, -0.1) is 0 Å². The Labute approximate surface area is 74.3 Å². The number of hydrogen-bond acceptors (Lipinski definition) is 2. The Kier molecular flexibility index (Phi) is 5.97. The summed E-state index contributed by atoms with van der Waals surface area (Å²) in [5, 5.41) is 2.86. The van der Waals surface area contributed by atoms with E-state index in [0.29, 0.717) is 5.82 Å². The monoisotopic (exact) mass is 167 g/mol. The summed E-state index contributed by atoms with van der Waals surface area (Å²) < 4.78 is 0. The van der Waals surface area contributed by atoms with Gasteiger partial charge in [-0.1, -0.05) is 20.4 Å². The Morgan fingerprint density at radius 1 is 1.42 bits per heavy atom. The molecule has 3 nitrogen and oxygen atoms in total. The lowest BCUT2D eigenvalue weighted by molar-refractivity contribution is 1.06. The quantitative estimate of drug-likeness (QED) is 0.493. The standard InChI is InChI=1S/C9H17N3/c1-5-9(6-2)12-8(3)11-7-10-4/h7H,3,5-6H2,1-2,4H3,(H,10,11). The maximum absolute atomic E-state index is 4.27. The van der Waals surface area contributed by atoms with Crippen molar-refractivity contribution < 1.29 is 0 Å². The molecule has 0 aliphatic carbocycles. The third-order valence-corrected chi connectivity index (χ3v) is 1.47. The average molecular weight is 167 g/mol. The zero-order valence-corrected chi connectivity index (χ0v) is 8.09. The fourth-order valence-electron chi connectivity index (χ4n) is 0.770. The molecular weight excluding hydrogens is 150 g/mol. The molecule has 12 heavy (non-hydrogen) atoms. The van der Waals surface area contributed by atoms with Crippen LogP contribution in [0, 0.1) is 0 Å². The molecule has 0 saturated heterocycles. The van der Waals surface area contributed by atoms with Gasteiger partial charge in [-0.25, -0.2) is 4.99 Å². The Morgan fingerprint density at radius 2 is 2.00 bits per heavy atom. The number of nitrogens with one attached hydrogen (secondary N) is 1. The first-order valence-corrected chi connectivity index (χ1v) is 4.17. The Hall–Kier alpha value is -1.12. The van der Waals surface area contributed by atoms with Gasteiger partial charge in [0.1, 0.15) is 5.82 Å². The molecule has 0 fully saturated rings. The lowest BCUT2D eigenvalue weighted by atomic mass is 10.2. The van der Waals surface area contributed by atoms with Gasteiger partial charge < -0.3 is 5.32 Å². The molecule has 0 unspecified atom stereocenters. The molecule has 0 radical (unpaired) electrons. The van der Waals surface area contributed by atoms with E-state index < -0.39 is 0 Å². The highest BCUT2D eigenvalue weighted by atomic mass is 15.0. The highest BCUT2D eigenvalue weighted by Gasteiger charge is 1.92. The first-order chi connectivity index (χ1) is 5.74. The molecule has 0 amide bonds. The highest BCUT2D eigenvalue weighted by Crippen LogP contribution is 1.95. The molecule has 0 aromatic carbocycles. The van der Waals surface area contributed by atoms with Crippen LogP contribution in [0.1, 0.15) is 26.7 Å². The van der Waals surface area contributed by atoms with Crippen molar-refractivity contribution in [2.75, 3.05) is 7.05 Å². The first-order valence-electron chi connectivity index (χ1n) is 4.17. The molecular formula is C9H17N3. The molecule has 0 aliphatic rings. The molecule has 0 atom stereocenters. The van der Waals surface area contributed by atoms with Crippen LogP contribution in [-0.2, 0) is 0 Å². The molecule has 0 aromatic heterocycles. The summed E-state index contributed by atoms with van der Waals surface area (Å²) in [5.74, 6) is 0.652. The molecule has 68 valence electrons. The van der Waals surface area contributed by atoms with Gasteiger partial charge in [0.2, 0.25) is 0 Å². The number of aliphatic imine (C=N–C) groups is 2. The largest absolute Gasteiger partial charge is 0.332 e. The lowest BCUT2D eigenvalue weighted by Gasteiger charge is -2.01. The zero-order valence-electron chi connectivity index (χ0n) is 8.09. The molecule has 0 aromatic rings. The van der Waals surface area contributed by atoms with Crippen molar-refractivity contribution in [3.05, 3.63) is 12.4 Å². The van der Waals surface area contributed by atoms with E-state index in [-0.39, 0.29) is 0 Å². The van der Waals surface area contributed by atoms with E-state index in [1.807, 2.05) is 0 Å². The summed E-state index contributed by atoms with van der Waals surface area (Å²) in [5.41, 5.74) is 1.15. The summed E-state index contributed by atoms with van der Waals surface area (Å²) in [6.07, 6.45) is 3.52. The smallest absolute Gasteiger partial charge is 0.123 e. The van der Waals surface area contributed by atoms with Gasteiger partial charge in [0, 0.05) is 12.8 Å². The molecule has 0 saturated carbocycles. The molecule has 0 spiro atoms. The van der Waals surface area contributed by atoms with Crippen molar-refractivity contribution in [1.29, 1.82) is 0 Å². The second-order valence-electron chi connectivity index (χ2n) is 2.36. The number of hydrogen-bond donors (Lipinski definition) is 1. The van der Waals surface area contributed by atoms with Crippen LogP contribution >= 0.6 is 0 Å². The summed E-state index contributed by atoms with van der Waals surface area (Å²) in [7, 11) is 1.70. The van der Waals surface area contributed by atoms with Gasteiger partial charge >= 0.3 is 0 Å².